The molecule has 4 nitrogen and oxygen atoms in total. The Morgan fingerprint density at radius 3 is 2.43 bits per heavy atom. The maximum atomic E-state index is 10.0. The van der Waals surface area contributed by atoms with Crippen molar-refractivity contribution in [3.05, 3.63) is 54.1 Å². The minimum atomic E-state index is -0.719. The molecular weight excluding hydrogens is 264 g/mol. The number of phenols is 1. The van der Waals surface area contributed by atoms with Crippen molar-refractivity contribution in [3.8, 4) is 11.8 Å². The second-order valence-electron chi connectivity index (χ2n) is 4.81. The summed E-state index contributed by atoms with van der Waals surface area (Å²) in [5.74, 6) is 0.0559. The lowest BCUT2D eigenvalue weighted by Gasteiger charge is -2.24. The summed E-state index contributed by atoms with van der Waals surface area (Å²) in [7, 11) is 0. The minimum absolute atomic E-state index is 0.0559. The number of para-hydroxylation sites is 1. The summed E-state index contributed by atoms with van der Waals surface area (Å²) in [5.41, 5.74) is 2.24. The molecule has 0 fully saturated rings. The molecule has 0 heterocycles. The highest BCUT2D eigenvalue weighted by atomic mass is 16.3. The van der Waals surface area contributed by atoms with E-state index in [0.29, 0.717) is 18.5 Å². The molecule has 0 bridgehead atoms. The summed E-state index contributed by atoms with van der Waals surface area (Å²) < 4.78 is 0. The van der Waals surface area contributed by atoms with Crippen molar-refractivity contribution in [2.75, 3.05) is 11.4 Å². The van der Waals surface area contributed by atoms with Crippen LogP contribution in [0.25, 0.3) is 0 Å². The Kier molecular flexibility index (Phi) is 4.81. The summed E-state index contributed by atoms with van der Waals surface area (Å²) >= 11 is 0. The average molecular weight is 282 g/mol. The first-order chi connectivity index (χ1) is 10.1. The zero-order valence-electron chi connectivity index (χ0n) is 11.9. The van der Waals surface area contributed by atoms with Gasteiger partial charge in [0, 0.05) is 29.5 Å². The summed E-state index contributed by atoms with van der Waals surface area (Å²) in [4.78, 5) is 1.97. The third kappa shape index (κ3) is 3.53. The molecule has 1 unspecified atom stereocenters. The number of aromatic hydroxyl groups is 1. The Hall–Kier alpha value is -2.51. The van der Waals surface area contributed by atoms with Gasteiger partial charge >= 0.3 is 0 Å². The quantitative estimate of drug-likeness (QED) is 0.880. The largest absolute Gasteiger partial charge is 0.507 e. The molecule has 1 atom stereocenters. The van der Waals surface area contributed by atoms with Crippen LogP contribution < -0.4 is 4.90 Å². The van der Waals surface area contributed by atoms with Crippen LogP contribution in [0, 0.1) is 11.3 Å². The maximum absolute atomic E-state index is 10.0. The van der Waals surface area contributed by atoms with E-state index in [1.54, 1.807) is 19.1 Å². The van der Waals surface area contributed by atoms with Gasteiger partial charge in [-0.2, -0.15) is 5.26 Å². The Bertz CT molecular complexity index is 633. The molecule has 108 valence electrons. The van der Waals surface area contributed by atoms with E-state index in [2.05, 4.69) is 6.07 Å². The van der Waals surface area contributed by atoms with Crippen LogP contribution in [0.2, 0.25) is 0 Å². The number of phenolic OH excluding ortho intramolecular Hbond substituents is 1. The first-order valence-electron chi connectivity index (χ1n) is 6.84. The Morgan fingerprint density at radius 1 is 1.14 bits per heavy atom. The van der Waals surface area contributed by atoms with Gasteiger partial charge in [-0.3, -0.25) is 0 Å². The summed E-state index contributed by atoms with van der Waals surface area (Å²) in [6.45, 7) is 2.15. The van der Waals surface area contributed by atoms with Gasteiger partial charge in [0.15, 0.2) is 0 Å². The molecule has 0 aromatic heterocycles. The number of hydrogen-bond donors (Lipinski definition) is 2. The van der Waals surface area contributed by atoms with Crippen LogP contribution in [-0.4, -0.2) is 16.8 Å². The first-order valence-corrected chi connectivity index (χ1v) is 6.84. The number of rotatable bonds is 5. The van der Waals surface area contributed by atoms with E-state index >= 15 is 0 Å². The van der Waals surface area contributed by atoms with Crippen LogP contribution in [-0.2, 0) is 0 Å². The van der Waals surface area contributed by atoms with Crippen molar-refractivity contribution in [2.45, 2.75) is 19.4 Å². The van der Waals surface area contributed by atoms with Gasteiger partial charge in [-0.25, -0.2) is 0 Å². The number of anilines is 2. The van der Waals surface area contributed by atoms with Crippen molar-refractivity contribution < 1.29 is 10.2 Å². The number of hydrogen-bond acceptors (Lipinski definition) is 4. The maximum Gasteiger partial charge on any atom is 0.123 e. The highest BCUT2D eigenvalue weighted by Gasteiger charge is 2.13. The molecular formula is C17H18N2O2. The third-order valence-corrected chi connectivity index (χ3v) is 3.29. The highest BCUT2D eigenvalue weighted by molar-refractivity contribution is 5.65. The summed E-state index contributed by atoms with van der Waals surface area (Å²) in [6.07, 6.45) is -0.336. The molecule has 2 rings (SSSR count). The second-order valence-corrected chi connectivity index (χ2v) is 4.81. The summed E-state index contributed by atoms with van der Waals surface area (Å²) in [6, 6.07) is 17.0. The lowest BCUT2D eigenvalue weighted by molar-refractivity contribution is 0.195. The number of nitrogens with zero attached hydrogens (tertiary/aromatic N) is 2. The van der Waals surface area contributed by atoms with E-state index in [9.17, 15) is 10.2 Å². The van der Waals surface area contributed by atoms with Gasteiger partial charge in [0.25, 0.3) is 0 Å². The van der Waals surface area contributed by atoms with Gasteiger partial charge < -0.3 is 15.1 Å². The van der Waals surface area contributed by atoms with Gasteiger partial charge in [0.1, 0.15) is 5.75 Å². The highest BCUT2D eigenvalue weighted by Crippen LogP contribution is 2.32. The van der Waals surface area contributed by atoms with Gasteiger partial charge in [-0.05, 0) is 25.1 Å². The molecule has 0 aliphatic carbocycles. The molecule has 4 heteroatoms. The Balaban J connectivity index is 2.38. The normalized spacial score (nSPS) is 11.7. The molecule has 2 aromatic carbocycles. The molecule has 21 heavy (non-hydrogen) atoms. The third-order valence-electron chi connectivity index (χ3n) is 3.29. The first kappa shape index (κ1) is 14.9. The second kappa shape index (κ2) is 6.78. The van der Waals surface area contributed by atoms with Crippen molar-refractivity contribution in [1.82, 2.24) is 0 Å². The SMILES string of the molecule is CC(O)c1ccc(N(CCC#N)c2ccccc2)cc1O. The van der Waals surface area contributed by atoms with Crippen molar-refractivity contribution in [2.24, 2.45) is 0 Å². The number of aliphatic hydroxyl groups excluding tert-OH is 1. The molecule has 0 aliphatic rings. The van der Waals surface area contributed by atoms with Gasteiger partial charge in [0.05, 0.1) is 18.6 Å². The minimum Gasteiger partial charge on any atom is -0.507 e. The molecule has 0 radical (unpaired) electrons. The number of benzene rings is 2. The van der Waals surface area contributed by atoms with Crippen LogP contribution in [0.15, 0.2) is 48.5 Å². The molecule has 2 N–H and O–H groups in total. The zero-order valence-corrected chi connectivity index (χ0v) is 11.9. The lowest BCUT2D eigenvalue weighted by Crippen LogP contribution is -2.18. The van der Waals surface area contributed by atoms with Gasteiger partial charge in [0.2, 0.25) is 0 Å². The average Bonchev–Trinajstić information content (AvgIpc) is 2.48. The topological polar surface area (TPSA) is 67.5 Å². The molecule has 0 aliphatic heterocycles. The fourth-order valence-corrected chi connectivity index (χ4v) is 2.23. The number of nitriles is 1. The molecule has 0 amide bonds. The fraction of sp³-hybridized carbons (Fsp3) is 0.235. The van der Waals surface area contributed by atoms with E-state index in [1.807, 2.05) is 41.3 Å². The fourth-order valence-electron chi connectivity index (χ4n) is 2.23. The van der Waals surface area contributed by atoms with E-state index in [4.69, 9.17) is 5.26 Å². The Morgan fingerprint density at radius 2 is 1.86 bits per heavy atom. The lowest BCUT2D eigenvalue weighted by atomic mass is 10.1. The Labute approximate surface area is 124 Å². The van der Waals surface area contributed by atoms with E-state index in [0.717, 1.165) is 11.4 Å². The van der Waals surface area contributed by atoms with Crippen LogP contribution >= 0.6 is 0 Å². The predicted molar refractivity (Wildman–Crippen MR) is 82.4 cm³/mol. The van der Waals surface area contributed by atoms with Gasteiger partial charge in [-0.15, -0.1) is 0 Å². The van der Waals surface area contributed by atoms with Crippen molar-refractivity contribution in [1.29, 1.82) is 5.26 Å². The van der Waals surface area contributed by atoms with Crippen molar-refractivity contribution in [3.63, 3.8) is 0 Å². The van der Waals surface area contributed by atoms with Crippen LogP contribution in [0.4, 0.5) is 11.4 Å². The predicted octanol–water partition coefficient (Wildman–Crippen LogP) is 3.50. The van der Waals surface area contributed by atoms with Crippen LogP contribution in [0.1, 0.15) is 25.0 Å². The standard InChI is InChI=1S/C17H18N2O2/c1-13(20)16-9-8-15(12-17(16)21)19(11-5-10-18)14-6-3-2-4-7-14/h2-4,6-9,12-13,20-21H,5,11H2,1H3. The van der Waals surface area contributed by atoms with Crippen LogP contribution in [0.3, 0.4) is 0 Å². The number of aliphatic hydroxyl groups is 1. The van der Waals surface area contributed by atoms with E-state index in [1.165, 1.54) is 0 Å². The summed E-state index contributed by atoms with van der Waals surface area (Å²) in [5, 5.41) is 28.4. The van der Waals surface area contributed by atoms with Crippen LogP contribution in [0.5, 0.6) is 5.75 Å². The van der Waals surface area contributed by atoms with E-state index < -0.39 is 6.10 Å². The monoisotopic (exact) mass is 282 g/mol. The van der Waals surface area contributed by atoms with E-state index in [-0.39, 0.29) is 5.75 Å². The van der Waals surface area contributed by atoms with Crippen molar-refractivity contribution >= 4 is 11.4 Å². The smallest absolute Gasteiger partial charge is 0.123 e. The molecule has 0 saturated heterocycles. The van der Waals surface area contributed by atoms with Gasteiger partial charge in [-0.1, -0.05) is 24.3 Å². The molecule has 0 saturated carbocycles. The zero-order chi connectivity index (χ0) is 15.2. The molecule has 2 aromatic rings. The molecule has 0 spiro atoms.